The Bertz CT molecular complexity index is 571. The molecule has 1 aromatic carbocycles. The number of hydrogen-bond acceptors (Lipinski definition) is 1. The van der Waals surface area contributed by atoms with Crippen LogP contribution in [-0.4, -0.2) is 11.5 Å². The molecule has 0 radical (unpaired) electrons. The van der Waals surface area contributed by atoms with Crippen molar-refractivity contribution in [2.24, 2.45) is 0 Å². The van der Waals surface area contributed by atoms with Gasteiger partial charge in [-0.3, -0.25) is 0 Å². The Labute approximate surface area is 110 Å². The first-order valence-corrected chi connectivity index (χ1v) is 7.04. The van der Waals surface area contributed by atoms with Crippen LogP contribution in [0.2, 0.25) is 0 Å². The fourth-order valence-corrected chi connectivity index (χ4v) is 3.55. The monoisotopic (exact) mass is 292 g/mol. The van der Waals surface area contributed by atoms with Gasteiger partial charge in [0.15, 0.2) is 0 Å². The van der Waals surface area contributed by atoms with Crippen molar-refractivity contribution in [3.05, 3.63) is 33.4 Å². The maximum absolute atomic E-state index is 3.60. The van der Waals surface area contributed by atoms with Crippen LogP contribution in [-0.2, 0) is 6.42 Å². The van der Waals surface area contributed by atoms with Gasteiger partial charge in [0.2, 0.25) is 0 Å². The molecule has 0 fully saturated rings. The smallest absolute Gasteiger partial charge is 0.0490 e. The van der Waals surface area contributed by atoms with Crippen molar-refractivity contribution in [1.29, 1.82) is 0 Å². The normalized spacial score (nSPS) is 18.9. The summed E-state index contributed by atoms with van der Waals surface area (Å²) in [6.07, 6.45) is 2.38. The first-order valence-electron chi connectivity index (χ1n) is 6.24. The van der Waals surface area contributed by atoms with Crippen LogP contribution >= 0.6 is 15.9 Å². The molecule has 17 heavy (non-hydrogen) atoms. The SMILES string of the molecule is CCNC1CCc2[nH]c3c(C)cc(Br)cc3c21. The third-order valence-corrected chi connectivity index (χ3v) is 4.13. The summed E-state index contributed by atoms with van der Waals surface area (Å²) in [6.45, 7) is 5.37. The van der Waals surface area contributed by atoms with Crippen LogP contribution in [0.1, 0.15) is 36.2 Å². The molecule has 0 aliphatic heterocycles. The third kappa shape index (κ3) is 1.72. The second-order valence-corrected chi connectivity index (χ2v) is 5.73. The molecule has 1 aromatic heterocycles. The number of hydrogen-bond donors (Lipinski definition) is 2. The van der Waals surface area contributed by atoms with Gasteiger partial charge in [0.1, 0.15) is 0 Å². The summed E-state index contributed by atoms with van der Waals surface area (Å²) in [7, 11) is 0. The number of aromatic nitrogens is 1. The molecule has 90 valence electrons. The second kappa shape index (κ2) is 4.14. The molecule has 3 heteroatoms. The summed E-state index contributed by atoms with van der Waals surface area (Å²) in [5.74, 6) is 0. The quantitative estimate of drug-likeness (QED) is 0.865. The van der Waals surface area contributed by atoms with E-state index in [2.05, 4.69) is 52.2 Å². The molecule has 0 bridgehead atoms. The zero-order valence-corrected chi connectivity index (χ0v) is 11.8. The van der Waals surface area contributed by atoms with E-state index in [0.29, 0.717) is 6.04 Å². The number of aromatic amines is 1. The highest BCUT2D eigenvalue weighted by Crippen LogP contribution is 2.38. The molecule has 2 aromatic rings. The summed E-state index contributed by atoms with van der Waals surface area (Å²) in [4.78, 5) is 3.60. The van der Waals surface area contributed by atoms with Crippen molar-refractivity contribution in [2.45, 2.75) is 32.7 Å². The fourth-order valence-electron chi connectivity index (χ4n) is 2.98. The first-order chi connectivity index (χ1) is 8.20. The van der Waals surface area contributed by atoms with Gasteiger partial charge < -0.3 is 10.3 Å². The molecule has 1 aliphatic carbocycles. The van der Waals surface area contributed by atoms with E-state index in [1.54, 1.807) is 0 Å². The number of aryl methyl sites for hydroxylation is 2. The Morgan fingerprint density at radius 2 is 2.29 bits per heavy atom. The summed E-state index contributed by atoms with van der Waals surface area (Å²) in [6, 6.07) is 4.95. The van der Waals surface area contributed by atoms with Gasteiger partial charge in [0.25, 0.3) is 0 Å². The van der Waals surface area contributed by atoms with Crippen molar-refractivity contribution < 1.29 is 0 Å². The molecule has 1 aliphatic rings. The molecule has 0 spiro atoms. The average Bonchev–Trinajstić information content (AvgIpc) is 2.80. The molecule has 2 N–H and O–H groups in total. The minimum Gasteiger partial charge on any atom is -0.358 e. The molecule has 0 saturated heterocycles. The average molecular weight is 293 g/mol. The van der Waals surface area contributed by atoms with Crippen LogP contribution in [0.15, 0.2) is 16.6 Å². The van der Waals surface area contributed by atoms with E-state index in [4.69, 9.17) is 0 Å². The Balaban J connectivity index is 2.22. The van der Waals surface area contributed by atoms with Crippen molar-refractivity contribution in [3.63, 3.8) is 0 Å². The van der Waals surface area contributed by atoms with E-state index < -0.39 is 0 Å². The lowest BCUT2D eigenvalue weighted by molar-refractivity contribution is 0.551. The van der Waals surface area contributed by atoms with Gasteiger partial charge in [0.05, 0.1) is 0 Å². The summed E-state index contributed by atoms with van der Waals surface area (Å²) >= 11 is 3.60. The highest BCUT2D eigenvalue weighted by atomic mass is 79.9. The highest BCUT2D eigenvalue weighted by molar-refractivity contribution is 9.10. The maximum atomic E-state index is 3.60. The summed E-state index contributed by atoms with van der Waals surface area (Å²) in [5, 5.41) is 4.97. The number of rotatable bonds is 2. The van der Waals surface area contributed by atoms with Crippen LogP contribution in [0.3, 0.4) is 0 Å². The lowest BCUT2D eigenvalue weighted by Gasteiger charge is -2.12. The number of fused-ring (bicyclic) bond motifs is 3. The molecule has 0 saturated carbocycles. The first kappa shape index (κ1) is 11.3. The van der Waals surface area contributed by atoms with Crippen LogP contribution in [0, 0.1) is 6.92 Å². The zero-order chi connectivity index (χ0) is 12.0. The zero-order valence-electron chi connectivity index (χ0n) is 10.2. The number of halogens is 1. The van der Waals surface area contributed by atoms with Crippen molar-refractivity contribution >= 4 is 26.8 Å². The number of benzene rings is 1. The second-order valence-electron chi connectivity index (χ2n) is 4.81. The van der Waals surface area contributed by atoms with Gasteiger partial charge in [-0.05, 0) is 49.6 Å². The molecule has 1 heterocycles. The standard InChI is InChI=1S/C14H17BrN2/c1-3-16-11-4-5-12-13(11)10-7-9(15)6-8(2)14(10)17-12/h6-7,11,16-17H,3-5H2,1-2H3. The lowest BCUT2D eigenvalue weighted by Crippen LogP contribution is -2.18. The minimum atomic E-state index is 0.525. The van der Waals surface area contributed by atoms with E-state index in [1.807, 2.05) is 0 Å². The summed E-state index contributed by atoms with van der Waals surface area (Å²) in [5.41, 5.74) is 5.54. The molecular weight excluding hydrogens is 276 g/mol. The predicted octanol–water partition coefficient (Wildman–Crippen LogP) is 3.84. The van der Waals surface area contributed by atoms with Crippen molar-refractivity contribution in [3.8, 4) is 0 Å². The van der Waals surface area contributed by atoms with Gasteiger partial charge in [-0.1, -0.05) is 22.9 Å². The molecule has 0 amide bonds. The van der Waals surface area contributed by atoms with E-state index in [-0.39, 0.29) is 0 Å². The number of H-pyrrole nitrogens is 1. The van der Waals surface area contributed by atoms with E-state index >= 15 is 0 Å². The van der Waals surface area contributed by atoms with Crippen LogP contribution < -0.4 is 5.32 Å². The van der Waals surface area contributed by atoms with Crippen molar-refractivity contribution in [2.75, 3.05) is 6.54 Å². The maximum Gasteiger partial charge on any atom is 0.0490 e. The van der Waals surface area contributed by atoms with Gasteiger partial charge >= 0.3 is 0 Å². The molecular formula is C14H17BrN2. The molecule has 1 unspecified atom stereocenters. The van der Waals surface area contributed by atoms with Gasteiger partial charge in [-0.15, -0.1) is 0 Å². The topological polar surface area (TPSA) is 27.8 Å². The largest absolute Gasteiger partial charge is 0.358 e. The predicted molar refractivity (Wildman–Crippen MR) is 75.5 cm³/mol. The van der Waals surface area contributed by atoms with E-state index in [0.717, 1.165) is 6.54 Å². The fraction of sp³-hybridized carbons (Fsp3) is 0.429. The van der Waals surface area contributed by atoms with Crippen LogP contribution in [0.25, 0.3) is 10.9 Å². The van der Waals surface area contributed by atoms with E-state index in [9.17, 15) is 0 Å². The van der Waals surface area contributed by atoms with Gasteiger partial charge in [0, 0.05) is 27.1 Å². The Morgan fingerprint density at radius 3 is 3.06 bits per heavy atom. The number of nitrogens with one attached hydrogen (secondary N) is 2. The van der Waals surface area contributed by atoms with Gasteiger partial charge in [-0.25, -0.2) is 0 Å². The van der Waals surface area contributed by atoms with Crippen LogP contribution in [0.4, 0.5) is 0 Å². The Morgan fingerprint density at radius 1 is 1.47 bits per heavy atom. The Hall–Kier alpha value is -0.800. The molecule has 1 atom stereocenters. The van der Waals surface area contributed by atoms with Gasteiger partial charge in [-0.2, -0.15) is 0 Å². The minimum absolute atomic E-state index is 0.525. The lowest BCUT2D eigenvalue weighted by atomic mass is 10.1. The highest BCUT2D eigenvalue weighted by Gasteiger charge is 2.26. The van der Waals surface area contributed by atoms with E-state index in [1.165, 1.54) is 45.0 Å². The van der Waals surface area contributed by atoms with Crippen molar-refractivity contribution in [1.82, 2.24) is 10.3 Å². The Kier molecular flexibility index (Phi) is 2.75. The molecule has 2 nitrogen and oxygen atoms in total. The third-order valence-electron chi connectivity index (χ3n) is 3.67. The van der Waals surface area contributed by atoms with Crippen LogP contribution in [0.5, 0.6) is 0 Å². The summed E-state index contributed by atoms with van der Waals surface area (Å²) < 4.78 is 1.17. The molecule has 3 rings (SSSR count).